The first-order valence-corrected chi connectivity index (χ1v) is 6.58. The highest BCUT2D eigenvalue weighted by Gasteiger charge is 2.26. The van der Waals surface area contributed by atoms with E-state index >= 15 is 0 Å². The lowest BCUT2D eigenvalue weighted by Crippen LogP contribution is -2.51. The topological polar surface area (TPSA) is 54.8 Å². The summed E-state index contributed by atoms with van der Waals surface area (Å²) < 4.78 is 10.7. The van der Waals surface area contributed by atoms with E-state index in [0.29, 0.717) is 24.6 Å². The van der Waals surface area contributed by atoms with Crippen molar-refractivity contribution in [1.29, 1.82) is 0 Å². The molecule has 5 nitrogen and oxygen atoms in total. The lowest BCUT2D eigenvalue weighted by molar-refractivity contribution is 0.141. The summed E-state index contributed by atoms with van der Waals surface area (Å²) in [6, 6.07) is 5.88. The molecule has 0 spiro atoms. The first-order chi connectivity index (χ1) is 9.62. The molecule has 3 rings (SSSR count). The Hall–Kier alpha value is -2.01. The van der Waals surface area contributed by atoms with Gasteiger partial charge in [-0.3, -0.25) is 0 Å². The summed E-state index contributed by atoms with van der Waals surface area (Å²) >= 11 is 0. The van der Waals surface area contributed by atoms with E-state index in [1.807, 2.05) is 18.2 Å². The van der Waals surface area contributed by atoms with Crippen LogP contribution in [0.2, 0.25) is 0 Å². The molecule has 0 radical (unpaired) electrons. The van der Waals surface area contributed by atoms with Crippen molar-refractivity contribution < 1.29 is 14.6 Å². The Labute approximate surface area is 117 Å². The molecule has 2 aromatic rings. The van der Waals surface area contributed by atoms with Crippen molar-refractivity contribution in [3.63, 3.8) is 0 Å². The molecule has 0 saturated carbocycles. The molecule has 0 amide bonds. The van der Waals surface area contributed by atoms with Crippen molar-refractivity contribution in [1.82, 2.24) is 4.98 Å². The molecular formula is C15H18N2O3. The number of rotatable bonds is 3. The summed E-state index contributed by atoms with van der Waals surface area (Å²) in [5.41, 5.74) is 2.01. The van der Waals surface area contributed by atoms with Crippen LogP contribution in [0.25, 0.3) is 10.9 Å². The van der Waals surface area contributed by atoms with Crippen LogP contribution in [0.5, 0.6) is 11.5 Å². The maximum absolute atomic E-state index is 9.41. The Bertz CT molecular complexity index is 651. The first-order valence-electron chi connectivity index (χ1n) is 6.58. The van der Waals surface area contributed by atoms with Crippen LogP contribution in [-0.2, 0) is 0 Å². The number of benzene rings is 1. The Kier molecular flexibility index (Phi) is 3.14. The van der Waals surface area contributed by atoms with Gasteiger partial charge in [-0.25, -0.2) is 4.98 Å². The standard InChI is InChI=1S/C15H18N2O3/c1-9-4-15(17-7-10(18)8-17)16-12-6-14(20-3)13(19-2)5-11(9)12/h4-6,10,18H,7-8H2,1-3H3. The van der Waals surface area contributed by atoms with Gasteiger partial charge in [0.15, 0.2) is 11.5 Å². The minimum atomic E-state index is -0.238. The molecule has 106 valence electrons. The molecule has 1 aliphatic heterocycles. The number of aryl methyl sites for hydroxylation is 1. The number of fused-ring (bicyclic) bond motifs is 1. The molecule has 1 aliphatic rings. The third-order valence-electron chi connectivity index (χ3n) is 3.69. The summed E-state index contributed by atoms with van der Waals surface area (Å²) in [7, 11) is 3.24. The molecule has 1 aromatic heterocycles. The van der Waals surface area contributed by atoms with Crippen LogP contribution in [-0.4, -0.2) is 43.5 Å². The number of aromatic nitrogens is 1. The van der Waals surface area contributed by atoms with Crippen LogP contribution in [0.4, 0.5) is 5.82 Å². The quantitative estimate of drug-likeness (QED) is 0.924. The molecule has 1 saturated heterocycles. The van der Waals surface area contributed by atoms with Crippen molar-refractivity contribution in [3.8, 4) is 11.5 Å². The minimum Gasteiger partial charge on any atom is -0.493 e. The van der Waals surface area contributed by atoms with Crippen LogP contribution in [0.1, 0.15) is 5.56 Å². The highest BCUT2D eigenvalue weighted by atomic mass is 16.5. The lowest BCUT2D eigenvalue weighted by atomic mass is 10.1. The molecule has 0 aliphatic carbocycles. The molecule has 1 N–H and O–H groups in total. The number of methoxy groups -OCH3 is 2. The average Bonchev–Trinajstić information content (AvgIpc) is 2.42. The lowest BCUT2D eigenvalue weighted by Gasteiger charge is -2.37. The number of aliphatic hydroxyl groups is 1. The fourth-order valence-electron chi connectivity index (χ4n) is 2.51. The number of nitrogens with zero attached hydrogens (tertiary/aromatic N) is 2. The largest absolute Gasteiger partial charge is 0.493 e. The second-order valence-corrected chi connectivity index (χ2v) is 5.08. The van der Waals surface area contributed by atoms with Crippen molar-refractivity contribution >= 4 is 16.7 Å². The number of β-amino-alcohol motifs (C(OH)–C–C–N with tert-alkyl or cyclic N) is 1. The second kappa shape index (κ2) is 4.83. The molecule has 2 heterocycles. The SMILES string of the molecule is COc1cc2nc(N3CC(O)C3)cc(C)c2cc1OC. The molecule has 1 fully saturated rings. The summed E-state index contributed by atoms with van der Waals surface area (Å²) in [6.45, 7) is 3.34. The fourth-order valence-corrected chi connectivity index (χ4v) is 2.51. The summed E-state index contributed by atoms with van der Waals surface area (Å²) in [6.07, 6.45) is -0.238. The summed E-state index contributed by atoms with van der Waals surface area (Å²) in [5, 5.41) is 10.5. The van der Waals surface area contributed by atoms with Crippen molar-refractivity contribution in [2.24, 2.45) is 0 Å². The van der Waals surface area contributed by atoms with E-state index in [1.165, 1.54) is 0 Å². The van der Waals surface area contributed by atoms with Crippen LogP contribution in [0.3, 0.4) is 0 Å². The van der Waals surface area contributed by atoms with Crippen LogP contribution in [0, 0.1) is 6.92 Å². The monoisotopic (exact) mass is 274 g/mol. The van der Waals surface area contributed by atoms with Crippen LogP contribution < -0.4 is 14.4 Å². The zero-order valence-electron chi connectivity index (χ0n) is 11.9. The molecule has 0 atom stereocenters. The van der Waals surface area contributed by atoms with Crippen LogP contribution in [0.15, 0.2) is 18.2 Å². The van der Waals surface area contributed by atoms with Gasteiger partial charge in [-0.05, 0) is 24.6 Å². The normalized spacial score (nSPS) is 15.3. The van der Waals surface area contributed by atoms with Crippen molar-refractivity contribution in [3.05, 3.63) is 23.8 Å². The van der Waals surface area contributed by atoms with Gasteiger partial charge in [0.1, 0.15) is 5.82 Å². The molecule has 5 heteroatoms. The number of ether oxygens (including phenoxy) is 2. The summed E-state index contributed by atoms with van der Waals surface area (Å²) in [5.74, 6) is 2.28. The fraction of sp³-hybridized carbons (Fsp3) is 0.400. The highest BCUT2D eigenvalue weighted by Crippen LogP contribution is 2.34. The van der Waals surface area contributed by atoms with Crippen LogP contribution >= 0.6 is 0 Å². The van der Waals surface area contributed by atoms with Crippen molar-refractivity contribution in [2.45, 2.75) is 13.0 Å². The van der Waals surface area contributed by atoms with E-state index in [9.17, 15) is 5.11 Å². The maximum atomic E-state index is 9.41. The van der Waals surface area contributed by atoms with Gasteiger partial charge < -0.3 is 19.5 Å². The number of anilines is 1. The molecule has 0 unspecified atom stereocenters. The zero-order valence-corrected chi connectivity index (χ0v) is 11.9. The van der Waals surface area contributed by atoms with E-state index in [4.69, 9.17) is 9.47 Å². The minimum absolute atomic E-state index is 0.238. The molecular weight excluding hydrogens is 256 g/mol. The maximum Gasteiger partial charge on any atom is 0.162 e. The molecule has 20 heavy (non-hydrogen) atoms. The van der Waals surface area contributed by atoms with E-state index < -0.39 is 0 Å². The number of hydrogen-bond acceptors (Lipinski definition) is 5. The van der Waals surface area contributed by atoms with Gasteiger partial charge in [0.25, 0.3) is 0 Å². The Balaban J connectivity index is 2.10. The second-order valence-electron chi connectivity index (χ2n) is 5.08. The third-order valence-corrected chi connectivity index (χ3v) is 3.69. The van der Waals surface area contributed by atoms with E-state index in [1.54, 1.807) is 14.2 Å². The molecule has 0 bridgehead atoms. The Morgan fingerprint density at radius 2 is 1.80 bits per heavy atom. The smallest absolute Gasteiger partial charge is 0.162 e. The van der Waals surface area contributed by atoms with Gasteiger partial charge in [0, 0.05) is 24.5 Å². The van der Waals surface area contributed by atoms with E-state index in [-0.39, 0.29) is 6.10 Å². The van der Waals surface area contributed by atoms with Gasteiger partial charge in [0.05, 0.1) is 25.8 Å². The van der Waals surface area contributed by atoms with Gasteiger partial charge in [-0.15, -0.1) is 0 Å². The van der Waals surface area contributed by atoms with Gasteiger partial charge in [-0.2, -0.15) is 0 Å². The van der Waals surface area contributed by atoms with E-state index in [2.05, 4.69) is 16.8 Å². The number of pyridine rings is 1. The summed E-state index contributed by atoms with van der Waals surface area (Å²) in [4.78, 5) is 6.72. The predicted molar refractivity (Wildman–Crippen MR) is 77.8 cm³/mol. The Morgan fingerprint density at radius 1 is 1.15 bits per heavy atom. The number of aliphatic hydroxyl groups excluding tert-OH is 1. The first kappa shape index (κ1) is 13.0. The van der Waals surface area contributed by atoms with E-state index in [0.717, 1.165) is 22.3 Å². The van der Waals surface area contributed by atoms with Gasteiger partial charge in [0.2, 0.25) is 0 Å². The third kappa shape index (κ3) is 2.04. The average molecular weight is 274 g/mol. The zero-order chi connectivity index (χ0) is 14.3. The number of hydrogen-bond donors (Lipinski definition) is 1. The Morgan fingerprint density at radius 3 is 2.40 bits per heavy atom. The van der Waals surface area contributed by atoms with Crippen molar-refractivity contribution in [2.75, 3.05) is 32.2 Å². The molecule has 1 aromatic carbocycles. The van der Waals surface area contributed by atoms with Gasteiger partial charge in [-0.1, -0.05) is 0 Å². The highest BCUT2D eigenvalue weighted by molar-refractivity contribution is 5.87. The van der Waals surface area contributed by atoms with Gasteiger partial charge >= 0.3 is 0 Å². The predicted octanol–water partition coefficient (Wildman–Crippen LogP) is 1.74.